The van der Waals surface area contributed by atoms with Gasteiger partial charge in [-0.3, -0.25) is 0 Å². The molecule has 4 nitrogen and oxygen atoms in total. The Hall–Kier alpha value is -1.21. The van der Waals surface area contributed by atoms with Crippen molar-refractivity contribution in [2.75, 3.05) is 13.1 Å². The SMILES string of the molecule is C#CCCCCNCCCC(N)=NO. The summed E-state index contributed by atoms with van der Waals surface area (Å²) in [6, 6.07) is 0. The summed E-state index contributed by atoms with van der Waals surface area (Å²) >= 11 is 0. The predicted octanol–water partition coefficient (Wildman–Crippen LogP) is 0.906. The lowest BCUT2D eigenvalue weighted by Crippen LogP contribution is -2.19. The fourth-order valence-corrected chi connectivity index (χ4v) is 1.05. The number of oxime groups is 1. The normalized spacial score (nSPS) is 11.2. The zero-order valence-corrected chi connectivity index (χ0v) is 8.50. The number of terminal acetylenes is 1. The minimum atomic E-state index is 0.291. The maximum atomic E-state index is 8.26. The van der Waals surface area contributed by atoms with E-state index in [0.717, 1.165) is 38.8 Å². The van der Waals surface area contributed by atoms with Crippen molar-refractivity contribution >= 4 is 5.84 Å². The summed E-state index contributed by atoms with van der Waals surface area (Å²) in [5, 5.41) is 14.4. The molecule has 0 heterocycles. The van der Waals surface area contributed by atoms with Gasteiger partial charge in [0.1, 0.15) is 5.84 Å². The van der Waals surface area contributed by atoms with Gasteiger partial charge in [-0.2, -0.15) is 0 Å². The smallest absolute Gasteiger partial charge is 0.139 e. The van der Waals surface area contributed by atoms with Crippen LogP contribution in [0.15, 0.2) is 5.16 Å². The maximum Gasteiger partial charge on any atom is 0.139 e. The first kappa shape index (κ1) is 12.8. The standard InChI is InChI=1S/C10H19N3O/c1-2-3-4-5-8-12-9-6-7-10(11)13-14/h1,12,14H,3-9H2,(H2,11,13). The molecule has 4 heteroatoms. The lowest BCUT2D eigenvalue weighted by atomic mass is 10.2. The van der Waals surface area contributed by atoms with E-state index in [1.165, 1.54) is 0 Å². The molecule has 0 aromatic heterocycles. The molecule has 0 spiro atoms. The number of nitrogens with one attached hydrogen (secondary N) is 1. The molecule has 0 unspecified atom stereocenters. The minimum absolute atomic E-state index is 0.291. The van der Waals surface area contributed by atoms with E-state index >= 15 is 0 Å². The predicted molar refractivity (Wildman–Crippen MR) is 58.2 cm³/mol. The molecule has 0 aliphatic rings. The van der Waals surface area contributed by atoms with Gasteiger partial charge in [0, 0.05) is 12.8 Å². The highest BCUT2D eigenvalue weighted by Crippen LogP contribution is 1.92. The van der Waals surface area contributed by atoms with Crippen LogP contribution in [0.4, 0.5) is 0 Å². The topological polar surface area (TPSA) is 70.6 Å². The summed E-state index contributed by atoms with van der Waals surface area (Å²) in [6.45, 7) is 1.88. The second-order valence-corrected chi connectivity index (χ2v) is 3.11. The average molecular weight is 197 g/mol. The van der Waals surface area contributed by atoms with Crippen molar-refractivity contribution in [1.29, 1.82) is 0 Å². The Morgan fingerprint density at radius 3 is 2.71 bits per heavy atom. The van der Waals surface area contributed by atoms with Crippen molar-refractivity contribution in [1.82, 2.24) is 5.32 Å². The van der Waals surface area contributed by atoms with Crippen LogP contribution in [-0.4, -0.2) is 24.1 Å². The summed E-state index contributed by atoms with van der Waals surface area (Å²) < 4.78 is 0. The first-order valence-corrected chi connectivity index (χ1v) is 4.92. The molecular formula is C10H19N3O. The number of rotatable bonds is 8. The highest BCUT2D eigenvalue weighted by Gasteiger charge is 1.93. The molecule has 0 saturated carbocycles. The number of hydrogen-bond donors (Lipinski definition) is 3. The quantitative estimate of drug-likeness (QED) is 0.135. The van der Waals surface area contributed by atoms with Crippen LogP contribution in [0, 0.1) is 12.3 Å². The highest BCUT2D eigenvalue weighted by atomic mass is 16.4. The van der Waals surface area contributed by atoms with Gasteiger partial charge in [-0.25, -0.2) is 0 Å². The van der Waals surface area contributed by atoms with Gasteiger partial charge >= 0.3 is 0 Å². The zero-order chi connectivity index (χ0) is 10.6. The van der Waals surface area contributed by atoms with Crippen LogP contribution in [0.1, 0.15) is 32.1 Å². The molecule has 0 radical (unpaired) electrons. The number of nitrogens with zero attached hydrogens (tertiary/aromatic N) is 1. The largest absolute Gasteiger partial charge is 0.409 e. The molecule has 0 saturated heterocycles. The fourth-order valence-electron chi connectivity index (χ4n) is 1.05. The van der Waals surface area contributed by atoms with Crippen LogP contribution in [0.3, 0.4) is 0 Å². The number of unbranched alkanes of at least 4 members (excludes halogenated alkanes) is 2. The van der Waals surface area contributed by atoms with Gasteiger partial charge < -0.3 is 16.3 Å². The molecule has 4 N–H and O–H groups in total. The Morgan fingerprint density at radius 2 is 2.07 bits per heavy atom. The Labute approximate surface area is 85.6 Å². The first-order valence-electron chi connectivity index (χ1n) is 4.92. The maximum absolute atomic E-state index is 8.26. The Balaban J connectivity index is 3.04. The van der Waals surface area contributed by atoms with Crippen LogP contribution in [-0.2, 0) is 0 Å². The summed E-state index contributed by atoms with van der Waals surface area (Å²) in [4.78, 5) is 0. The van der Waals surface area contributed by atoms with E-state index in [9.17, 15) is 0 Å². The Bertz CT molecular complexity index is 196. The van der Waals surface area contributed by atoms with E-state index in [1.54, 1.807) is 0 Å². The highest BCUT2D eigenvalue weighted by molar-refractivity contribution is 5.79. The second-order valence-electron chi connectivity index (χ2n) is 3.11. The van der Waals surface area contributed by atoms with Gasteiger partial charge in [0.15, 0.2) is 0 Å². The number of nitrogens with two attached hydrogens (primary N) is 1. The number of amidine groups is 1. The van der Waals surface area contributed by atoms with Crippen LogP contribution in [0.2, 0.25) is 0 Å². The van der Waals surface area contributed by atoms with Crippen molar-refractivity contribution in [3.8, 4) is 12.3 Å². The fraction of sp³-hybridized carbons (Fsp3) is 0.700. The summed E-state index contributed by atoms with van der Waals surface area (Å²) in [5.41, 5.74) is 5.30. The zero-order valence-electron chi connectivity index (χ0n) is 8.50. The lowest BCUT2D eigenvalue weighted by Gasteiger charge is -2.02. The van der Waals surface area contributed by atoms with Gasteiger partial charge in [-0.05, 0) is 32.4 Å². The molecule has 0 rings (SSSR count). The van der Waals surface area contributed by atoms with Gasteiger partial charge in [0.25, 0.3) is 0 Å². The summed E-state index contributed by atoms with van der Waals surface area (Å²) in [6.07, 6.45) is 9.68. The minimum Gasteiger partial charge on any atom is -0.409 e. The molecular weight excluding hydrogens is 178 g/mol. The van der Waals surface area contributed by atoms with Crippen LogP contribution < -0.4 is 11.1 Å². The van der Waals surface area contributed by atoms with Crippen molar-refractivity contribution in [3.05, 3.63) is 0 Å². The molecule has 0 fully saturated rings. The third-order valence-electron chi connectivity index (χ3n) is 1.84. The molecule has 14 heavy (non-hydrogen) atoms. The van der Waals surface area contributed by atoms with Crippen LogP contribution in [0.5, 0.6) is 0 Å². The molecule has 0 aliphatic heterocycles. The van der Waals surface area contributed by atoms with Crippen molar-refractivity contribution in [2.24, 2.45) is 10.9 Å². The Morgan fingerprint density at radius 1 is 1.36 bits per heavy atom. The van der Waals surface area contributed by atoms with Crippen LogP contribution >= 0.6 is 0 Å². The Kier molecular flexibility index (Phi) is 9.02. The average Bonchev–Trinajstić information content (AvgIpc) is 2.21. The van der Waals surface area contributed by atoms with Gasteiger partial charge in [-0.15, -0.1) is 12.3 Å². The van der Waals surface area contributed by atoms with E-state index in [-0.39, 0.29) is 0 Å². The second kappa shape index (κ2) is 9.87. The third kappa shape index (κ3) is 8.88. The van der Waals surface area contributed by atoms with Gasteiger partial charge in [0.2, 0.25) is 0 Å². The lowest BCUT2D eigenvalue weighted by molar-refractivity contribution is 0.316. The monoisotopic (exact) mass is 197 g/mol. The van der Waals surface area contributed by atoms with E-state index in [4.69, 9.17) is 17.4 Å². The third-order valence-corrected chi connectivity index (χ3v) is 1.84. The molecule has 80 valence electrons. The first-order chi connectivity index (χ1) is 6.81. The molecule has 0 aromatic rings. The van der Waals surface area contributed by atoms with Gasteiger partial charge in [0.05, 0.1) is 0 Å². The summed E-state index contributed by atoms with van der Waals surface area (Å²) in [5.74, 6) is 2.90. The van der Waals surface area contributed by atoms with E-state index in [0.29, 0.717) is 12.3 Å². The molecule has 0 aliphatic carbocycles. The van der Waals surface area contributed by atoms with Crippen molar-refractivity contribution in [3.63, 3.8) is 0 Å². The van der Waals surface area contributed by atoms with Crippen LogP contribution in [0.25, 0.3) is 0 Å². The van der Waals surface area contributed by atoms with E-state index in [1.807, 2.05) is 0 Å². The molecule has 0 amide bonds. The van der Waals surface area contributed by atoms with E-state index < -0.39 is 0 Å². The molecule has 0 atom stereocenters. The number of hydrogen-bond acceptors (Lipinski definition) is 3. The van der Waals surface area contributed by atoms with Crippen molar-refractivity contribution < 1.29 is 5.21 Å². The summed E-state index contributed by atoms with van der Waals surface area (Å²) in [7, 11) is 0. The van der Waals surface area contributed by atoms with Gasteiger partial charge in [-0.1, -0.05) is 5.16 Å². The van der Waals surface area contributed by atoms with Crippen molar-refractivity contribution in [2.45, 2.75) is 32.1 Å². The molecule has 0 aromatic carbocycles. The molecule has 0 bridgehead atoms. The van der Waals surface area contributed by atoms with E-state index in [2.05, 4.69) is 16.4 Å².